The summed E-state index contributed by atoms with van der Waals surface area (Å²) in [6.07, 6.45) is 3.92. The molecule has 0 saturated heterocycles. The number of nitro benzene ring substituents is 1. The summed E-state index contributed by atoms with van der Waals surface area (Å²) in [5, 5.41) is 10.6. The number of thioether (sulfide) groups is 1. The van der Waals surface area contributed by atoms with Crippen LogP contribution in [0.25, 0.3) is 0 Å². The first-order valence-corrected chi connectivity index (χ1v) is 10.5. The molecule has 2 aromatic rings. The Labute approximate surface area is 168 Å². The molecule has 0 N–H and O–H groups in total. The van der Waals surface area contributed by atoms with Gasteiger partial charge in [-0.3, -0.25) is 24.6 Å². The van der Waals surface area contributed by atoms with Crippen LogP contribution in [0.3, 0.4) is 0 Å². The van der Waals surface area contributed by atoms with Crippen LogP contribution in [0.4, 0.5) is 5.69 Å². The fourth-order valence-corrected chi connectivity index (χ4v) is 4.15. The van der Waals surface area contributed by atoms with Crippen molar-refractivity contribution in [2.75, 3.05) is 12.3 Å². The standard InChI is InChI=1S/C21H22N2O4S/c24-20-18-7-3-4-8-19(18)21(25)22(20)13-5-1-2-6-14-28-15-16-9-11-17(12-10-16)23(26)27/h3-4,7-12H,1-2,5-6,13-15H2. The summed E-state index contributed by atoms with van der Waals surface area (Å²) in [4.78, 5) is 36.1. The third kappa shape index (κ3) is 4.78. The molecule has 0 bridgehead atoms. The second-order valence-corrected chi connectivity index (χ2v) is 7.80. The molecule has 0 atom stereocenters. The Balaban J connectivity index is 1.28. The van der Waals surface area contributed by atoms with Gasteiger partial charge in [0.1, 0.15) is 0 Å². The smallest absolute Gasteiger partial charge is 0.269 e. The van der Waals surface area contributed by atoms with Crippen LogP contribution >= 0.6 is 11.8 Å². The van der Waals surface area contributed by atoms with Crippen LogP contribution in [0.15, 0.2) is 48.5 Å². The molecule has 3 rings (SSSR count). The summed E-state index contributed by atoms with van der Waals surface area (Å²) in [5.41, 5.74) is 2.22. The molecule has 1 aliphatic rings. The van der Waals surface area contributed by atoms with Gasteiger partial charge in [0, 0.05) is 24.4 Å². The number of nitro groups is 1. The van der Waals surface area contributed by atoms with E-state index in [9.17, 15) is 19.7 Å². The molecule has 0 fully saturated rings. The zero-order chi connectivity index (χ0) is 19.9. The van der Waals surface area contributed by atoms with Crippen molar-refractivity contribution in [1.29, 1.82) is 0 Å². The van der Waals surface area contributed by atoms with E-state index in [1.807, 2.05) is 11.8 Å². The van der Waals surface area contributed by atoms with E-state index in [0.29, 0.717) is 17.7 Å². The van der Waals surface area contributed by atoms with Gasteiger partial charge in [0.05, 0.1) is 16.1 Å². The minimum absolute atomic E-state index is 0.117. The van der Waals surface area contributed by atoms with E-state index in [1.165, 1.54) is 17.0 Å². The molecule has 2 amide bonds. The van der Waals surface area contributed by atoms with Gasteiger partial charge in [-0.25, -0.2) is 0 Å². The molecular formula is C21H22N2O4S. The lowest BCUT2D eigenvalue weighted by molar-refractivity contribution is -0.384. The number of hydrogen-bond donors (Lipinski definition) is 0. The van der Waals surface area contributed by atoms with E-state index >= 15 is 0 Å². The molecule has 7 heteroatoms. The second-order valence-electron chi connectivity index (χ2n) is 6.70. The van der Waals surface area contributed by atoms with Gasteiger partial charge in [0.2, 0.25) is 0 Å². The normalized spacial score (nSPS) is 13.1. The lowest BCUT2D eigenvalue weighted by Crippen LogP contribution is -2.30. The van der Waals surface area contributed by atoms with Crippen LogP contribution in [-0.4, -0.2) is 33.9 Å². The lowest BCUT2D eigenvalue weighted by atomic mass is 10.1. The molecule has 0 saturated carbocycles. The topological polar surface area (TPSA) is 80.5 Å². The Morgan fingerprint density at radius 1 is 0.857 bits per heavy atom. The zero-order valence-corrected chi connectivity index (χ0v) is 16.3. The minimum Gasteiger partial charge on any atom is -0.274 e. The van der Waals surface area contributed by atoms with Gasteiger partial charge in [-0.05, 0) is 36.3 Å². The van der Waals surface area contributed by atoms with Gasteiger partial charge in [0.25, 0.3) is 17.5 Å². The Hall–Kier alpha value is -2.67. The average Bonchev–Trinajstić information content (AvgIpc) is 2.95. The van der Waals surface area contributed by atoms with Crippen molar-refractivity contribution in [3.05, 3.63) is 75.3 Å². The zero-order valence-electron chi connectivity index (χ0n) is 15.5. The average molecular weight is 398 g/mol. The van der Waals surface area contributed by atoms with Crippen LogP contribution in [0.5, 0.6) is 0 Å². The van der Waals surface area contributed by atoms with E-state index in [1.54, 1.807) is 36.4 Å². The maximum atomic E-state index is 12.3. The predicted molar refractivity (Wildman–Crippen MR) is 110 cm³/mol. The molecule has 2 aromatic carbocycles. The summed E-state index contributed by atoms with van der Waals surface area (Å²) >= 11 is 1.81. The van der Waals surface area contributed by atoms with Crippen LogP contribution in [-0.2, 0) is 5.75 Å². The molecule has 0 radical (unpaired) electrons. The number of carbonyl (C=O) groups excluding carboxylic acids is 2. The predicted octanol–water partition coefficient (Wildman–Crippen LogP) is 4.68. The number of fused-ring (bicyclic) bond motifs is 1. The van der Waals surface area contributed by atoms with E-state index < -0.39 is 0 Å². The van der Waals surface area contributed by atoms with Crippen molar-refractivity contribution in [3.8, 4) is 0 Å². The first-order valence-electron chi connectivity index (χ1n) is 9.34. The minimum atomic E-state index is -0.390. The third-order valence-corrected chi connectivity index (χ3v) is 5.83. The number of amides is 2. The second kappa shape index (κ2) is 9.50. The summed E-state index contributed by atoms with van der Waals surface area (Å²) in [6, 6.07) is 13.6. The highest BCUT2D eigenvalue weighted by Crippen LogP contribution is 2.23. The maximum Gasteiger partial charge on any atom is 0.269 e. The van der Waals surface area contributed by atoms with Crippen LogP contribution in [0.2, 0.25) is 0 Å². The van der Waals surface area contributed by atoms with Gasteiger partial charge >= 0.3 is 0 Å². The summed E-state index contributed by atoms with van der Waals surface area (Å²) in [6.45, 7) is 0.474. The SMILES string of the molecule is O=C1c2ccccc2C(=O)N1CCCCCCSCc1ccc([N+](=O)[O-])cc1. The largest absolute Gasteiger partial charge is 0.274 e. The molecule has 0 aromatic heterocycles. The molecule has 146 valence electrons. The van der Waals surface area contributed by atoms with Gasteiger partial charge in [0.15, 0.2) is 0 Å². The monoisotopic (exact) mass is 398 g/mol. The Morgan fingerprint density at radius 2 is 1.46 bits per heavy atom. The van der Waals surface area contributed by atoms with Crippen molar-refractivity contribution in [2.45, 2.75) is 31.4 Å². The molecule has 1 heterocycles. The quantitative estimate of drug-likeness (QED) is 0.251. The fourth-order valence-electron chi connectivity index (χ4n) is 3.17. The Kier molecular flexibility index (Phi) is 6.81. The molecular weight excluding hydrogens is 376 g/mol. The van der Waals surface area contributed by atoms with Crippen molar-refractivity contribution in [3.63, 3.8) is 0 Å². The Morgan fingerprint density at radius 3 is 2.07 bits per heavy atom. The number of rotatable bonds is 10. The lowest BCUT2D eigenvalue weighted by Gasteiger charge is -2.13. The number of non-ortho nitro benzene ring substituents is 1. The Bertz CT molecular complexity index is 832. The molecule has 0 aliphatic carbocycles. The third-order valence-electron chi connectivity index (χ3n) is 4.71. The number of benzene rings is 2. The van der Waals surface area contributed by atoms with Crippen LogP contribution in [0.1, 0.15) is 52.0 Å². The molecule has 28 heavy (non-hydrogen) atoms. The molecule has 0 spiro atoms. The van der Waals surface area contributed by atoms with Crippen LogP contribution < -0.4 is 0 Å². The highest BCUT2D eigenvalue weighted by Gasteiger charge is 2.34. The van der Waals surface area contributed by atoms with E-state index in [-0.39, 0.29) is 22.4 Å². The van der Waals surface area contributed by atoms with Crippen molar-refractivity contribution in [2.24, 2.45) is 0 Å². The number of carbonyl (C=O) groups is 2. The van der Waals surface area contributed by atoms with E-state index in [2.05, 4.69) is 0 Å². The van der Waals surface area contributed by atoms with Gasteiger partial charge in [-0.2, -0.15) is 11.8 Å². The van der Waals surface area contributed by atoms with Crippen molar-refractivity contribution in [1.82, 2.24) is 4.90 Å². The summed E-state index contributed by atoms with van der Waals surface area (Å²) in [7, 11) is 0. The van der Waals surface area contributed by atoms with Crippen molar-refractivity contribution < 1.29 is 14.5 Å². The van der Waals surface area contributed by atoms with Gasteiger partial charge in [-0.15, -0.1) is 0 Å². The van der Waals surface area contributed by atoms with Crippen LogP contribution in [0, 0.1) is 10.1 Å². The van der Waals surface area contributed by atoms with Gasteiger partial charge < -0.3 is 0 Å². The maximum absolute atomic E-state index is 12.3. The van der Waals surface area contributed by atoms with Crippen molar-refractivity contribution >= 4 is 29.3 Å². The molecule has 0 unspecified atom stereocenters. The fraction of sp³-hybridized carbons (Fsp3) is 0.333. The molecule has 1 aliphatic heterocycles. The number of unbranched alkanes of at least 4 members (excludes halogenated alkanes) is 3. The highest BCUT2D eigenvalue weighted by molar-refractivity contribution is 7.98. The first kappa shape index (κ1) is 20.1. The number of hydrogen-bond acceptors (Lipinski definition) is 5. The molecule has 6 nitrogen and oxygen atoms in total. The number of imide groups is 1. The summed E-state index contributed by atoms with van der Waals surface area (Å²) in [5.74, 6) is 1.50. The number of nitrogens with zero attached hydrogens (tertiary/aromatic N) is 2. The van der Waals surface area contributed by atoms with Gasteiger partial charge in [-0.1, -0.05) is 37.1 Å². The van der Waals surface area contributed by atoms with E-state index in [0.717, 1.165) is 42.8 Å². The van der Waals surface area contributed by atoms with E-state index in [4.69, 9.17) is 0 Å². The summed E-state index contributed by atoms with van der Waals surface area (Å²) < 4.78 is 0. The highest BCUT2D eigenvalue weighted by atomic mass is 32.2. The first-order chi connectivity index (χ1) is 13.6.